The Morgan fingerprint density at radius 1 is 1.14 bits per heavy atom. The number of hydrogen-bond acceptors (Lipinski definition) is 7. The average molecular weight is 311 g/mol. The van der Waals surface area contributed by atoms with Crippen LogP contribution in [0.5, 0.6) is 0 Å². The predicted molar refractivity (Wildman–Crippen MR) is 81.6 cm³/mol. The van der Waals surface area contributed by atoms with Gasteiger partial charge in [0.25, 0.3) is 5.69 Å². The molecule has 1 heterocycles. The van der Waals surface area contributed by atoms with Crippen LogP contribution >= 0.6 is 0 Å². The van der Waals surface area contributed by atoms with Crippen molar-refractivity contribution in [2.45, 2.75) is 0 Å². The Hall–Kier alpha value is -2.46. The topological polar surface area (TPSA) is 128 Å². The van der Waals surface area contributed by atoms with E-state index in [4.69, 9.17) is 5.84 Å². The first-order valence-corrected chi connectivity index (χ1v) is 6.75. The van der Waals surface area contributed by atoms with Gasteiger partial charge in [0, 0.05) is 6.07 Å². The summed E-state index contributed by atoms with van der Waals surface area (Å²) in [7, 11) is 4.18. The number of nitro groups is 2. The lowest BCUT2D eigenvalue weighted by Crippen LogP contribution is -2.55. The fourth-order valence-corrected chi connectivity index (χ4v) is 2.48. The van der Waals surface area contributed by atoms with Crippen molar-refractivity contribution in [2.75, 3.05) is 50.6 Å². The summed E-state index contributed by atoms with van der Waals surface area (Å²) < 4.78 is 0.833. The van der Waals surface area contributed by atoms with Crippen molar-refractivity contribution in [2.24, 2.45) is 5.84 Å². The molecule has 0 amide bonds. The number of nitro benzene ring substituents is 2. The van der Waals surface area contributed by atoms with Crippen LogP contribution in [0.4, 0.5) is 22.7 Å². The molecule has 0 radical (unpaired) electrons. The third-order valence-corrected chi connectivity index (χ3v) is 3.93. The van der Waals surface area contributed by atoms with Gasteiger partial charge in [-0.05, 0) is 0 Å². The molecule has 10 nitrogen and oxygen atoms in total. The summed E-state index contributed by atoms with van der Waals surface area (Å²) in [6.07, 6.45) is 0. The summed E-state index contributed by atoms with van der Waals surface area (Å²) in [5.74, 6) is 5.31. The summed E-state index contributed by atoms with van der Waals surface area (Å²) in [6.45, 7) is 2.93. The van der Waals surface area contributed by atoms with E-state index in [-0.39, 0.29) is 11.4 Å². The lowest BCUT2D eigenvalue weighted by Gasteiger charge is -2.39. The van der Waals surface area contributed by atoms with Gasteiger partial charge in [0.1, 0.15) is 11.4 Å². The maximum Gasteiger partial charge on any atom is 0.300 e. The van der Waals surface area contributed by atoms with Crippen LogP contribution in [0, 0.1) is 20.2 Å². The van der Waals surface area contributed by atoms with Gasteiger partial charge in [-0.3, -0.25) is 26.1 Å². The number of nitrogens with one attached hydrogen (secondary N) is 1. The van der Waals surface area contributed by atoms with Crippen molar-refractivity contribution in [3.63, 3.8) is 0 Å². The predicted octanol–water partition coefficient (Wildman–Crippen LogP) is 0.685. The number of nitrogens with two attached hydrogens (primary N) is 1. The maximum absolute atomic E-state index is 11.3. The second kappa shape index (κ2) is 5.73. The van der Waals surface area contributed by atoms with Crippen molar-refractivity contribution in [1.82, 2.24) is 0 Å². The molecule has 120 valence electrons. The molecule has 1 aromatic rings. The molecule has 1 aromatic carbocycles. The van der Waals surface area contributed by atoms with E-state index in [2.05, 4.69) is 19.5 Å². The Labute approximate surface area is 127 Å². The molecule has 0 atom stereocenters. The lowest BCUT2D eigenvalue weighted by atomic mass is 10.1. The molecule has 0 saturated carbocycles. The number of benzene rings is 1. The molecule has 0 spiro atoms. The van der Waals surface area contributed by atoms with E-state index < -0.39 is 15.5 Å². The van der Waals surface area contributed by atoms with Crippen LogP contribution in [-0.4, -0.2) is 54.6 Å². The fourth-order valence-electron chi connectivity index (χ4n) is 2.48. The van der Waals surface area contributed by atoms with Gasteiger partial charge in [0.15, 0.2) is 0 Å². The molecular formula is C12H19N6O4+. The number of nitrogens with zero attached hydrogens (tertiary/aromatic N) is 4. The molecule has 10 heteroatoms. The zero-order valence-electron chi connectivity index (χ0n) is 12.5. The van der Waals surface area contributed by atoms with Gasteiger partial charge in [-0.2, -0.15) is 0 Å². The fraction of sp³-hybridized carbons (Fsp3) is 0.500. The molecule has 22 heavy (non-hydrogen) atoms. The second-order valence-electron chi connectivity index (χ2n) is 5.89. The Balaban J connectivity index is 2.46. The van der Waals surface area contributed by atoms with E-state index >= 15 is 0 Å². The third kappa shape index (κ3) is 3.07. The molecule has 0 bridgehead atoms. The SMILES string of the molecule is C[N+]1(C)CCN(c2cc(NN)c([N+](=O)[O-])cc2[N+](=O)[O-])CC1. The number of likely N-dealkylation sites (N-methyl/N-ethyl adjacent to an activating group) is 1. The summed E-state index contributed by atoms with van der Waals surface area (Å²) in [5, 5.41) is 22.3. The summed E-state index contributed by atoms with van der Waals surface area (Å²) in [6, 6.07) is 2.33. The highest BCUT2D eigenvalue weighted by Gasteiger charge is 2.31. The largest absolute Gasteiger partial charge is 0.355 e. The number of anilines is 2. The van der Waals surface area contributed by atoms with Gasteiger partial charge in [-0.1, -0.05) is 0 Å². The molecule has 2 rings (SSSR count). The van der Waals surface area contributed by atoms with Crippen LogP contribution in [0.25, 0.3) is 0 Å². The maximum atomic E-state index is 11.3. The lowest BCUT2D eigenvalue weighted by molar-refractivity contribution is -0.890. The number of nitrogen functional groups attached to an aromatic ring is 1. The highest BCUT2D eigenvalue weighted by Crippen LogP contribution is 2.38. The Morgan fingerprint density at radius 2 is 1.68 bits per heavy atom. The number of hydrogen-bond donors (Lipinski definition) is 2. The minimum Gasteiger partial charge on any atom is -0.355 e. The highest BCUT2D eigenvalue weighted by atomic mass is 16.6. The molecule has 1 aliphatic rings. The van der Waals surface area contributed by atoms with Gasteiger partial charge in [0.05, 0.1) is 56.2 Å². The quantitative estimate of drug-likeness (QED) is 0.362. The first kappa shape index (κ1) is 15.9. The van der Waals surface area contributed by atoms with E-state index in [0.717, 1.165) is 23.6 Å². The minimum absolute atomic E-state index is 0.0601. The van der Waals surface area contributed by atoms with Crippen LogP contribution in [0.2, 0.25) is 0 Å². The van der Waals surface area contributed by atoms with Crippen molar-refractivity contribution in [3.8, 4) is 0 Å². The summed E-state index contributed by atoms with van der Waals surface area (Å²) in [4.78, 5) is 22.8. The van der Waals surface area contributed by atoms with E-state index in [1.54, 1.807) is 0 Å². The molecule has 1 aliphatic heterocycles. The Morgan fingerprint density at radius 3 is 2.14 bits per heavy atom. The number of rotatable bonds is 4. The average Bonchev–Trinajstić information content (AvgIpc) is 2.45. The second-order valence-corrected chi connectivity index (χ2v) is 5.89. The zero-order chi connectivity index (χ0) is 16.5. The van der Waals surface area contributed by atoms with Crippen LogP contribution in [-0.2, 0) is 0 Å². The Kier molecular flexibility index (Phi) is 4.15. The monoisotopic (exact) mass is 311 g/mol. The van der Waals surface area contributed by atoms with Gasteiger partial charge in [-0.15, -0.1) is 0 Å². The van der Waals surface area contributed by atoms with Crippen LogP contribution in [0.1, 0.15) is 0 Å². The summed E-state index contributed by atoms with van der Waals surface area (Å²) >= 11 is 0. The molecule has 0 aliphatic carbocycles. The van der Waals surface area contributed by atoms with Gasteiger partial charge < -0.3 is 14.8 Å². The standard InChI is InChI=1S/C12H19N6O4/c1-18(2)5-3-15(4-6-18)11-7-9(14-13)10(16(19)20)8-12(11)17(21)22/h7-8,14H,3-6,13H2,1-2H3/q+1. The summed E-state index contributed by atoms with van der Waals surface area (Å²) in [5.41, 5.74) is 1.96. The van der Waals surface area contributed by atoms with Crippen molar-refractivity contribution in [1.29, 1.82) is 0 Å². The zero-order valence-corrected chi connectivity index (χ0v) is 12.5. The van der Waals surface area contributed by atoms with E-state index in [0.29, 0.717) is 18.8 Å². The number of quaternary nitrogens is 1. The Bertz CT molecular complexity index is 608. The minimum atomic E-state index is -0.692. The molecule has 3 N–H and O–H groups in total. The van der Waals surface area contributed by atoms with Crippen LogP contribution in [0.3, 0.4) is 0 Å². The van der Waals surface area contributed by atoms with Crippen LogP contribution < -0.4 is 16.2 Å². The van der Waals surface area contributed by atoms with Gasteiger partial charge >= 0.3 is 5.69 Å². The van der Waals surface area contributed by atoms with Crippen molar-refractivity contribution in [3.05, 3.63) is 32.4 Å². The van der Waals surface area contributed by atoms with E-state index in [1.807, 2.05) is 4.90 Å². The first-order valence-electron chi connectivity index (χ1n) is 6.75. The highest BCUT2D eigenvalue weighted by molar-refractivity contribution is 5.77. The number of piperazine rings is 1. The number of hydrazine groups is 1. The van der Waals surface area contributed by atoms with Crippen LogP contribution in [0.15, 0.2) is 12.1 Å². The third-order valence-electron chi connectivity index (χ3n) is 3.93. The van der Waals surface area contributed by atoms with Crippen molar-refractivity contribution < 1.29 is 14.3 Å². The molecule has 0 aromatic heterocycles. The van der Waals surface area contributed by atoms with Gasteiger partial charge in [-0.25, -0.2) is 0 Å². The first-order chi connectivity index (χ1) is 10.2. The van der Waals surface area contributed by atoms with E-state index in [9.17, 15) is 20.2 Å². The molecular weight excluding hydrogens is 292 g/mol. The van der Waals surface area contributed by atoms with Gasteiger partial charge in [0.2, 0.25) is 0 Å². The molecule has 1 saturated heterocycles. The molecule has 1 fully saturated rings. The smallest absolute Gasteiger partial charge is 0.300 e. The normalized spacial score (nSPS) is 17.1. The van der Waals surface area contributed by atoms with Crippen molar-refractivity contribution >= 4 is 22.7 Å². The van der Waals surface area contributed by atoms with E-state index in [1.165, 1.54) is 6.07 Å². The molecule has 0 unspecified atom stereocenters.